The monoisotopic (exact) mass is 243 g/mol. The number of halogens is 1. The van der Waals surface area contributed by atoms with Crippen molar-refractivity contribution in [2.75, 3.05) is 6.54 Å². The zero-order valence-corrected chi connectivity index (χ0v) is 9.90. The van der Waals surface area contributed by atoms with Gasteiger partial charge in [-0.05, 0) is 36.7 Å². The molecule has 0 heterocycles. The fourth-order valence-electron chi connectivity index (χ4n) is 1.84. The zero-order valence-electron chi connectivity index (χ0n) is 9.90. The molecule has 0 aromatic heterocycles. The van der Waals surface area contributed by atoms with Crippen LogP contribution in [0.5, 0.6) is 0 Å². The number of carbonyl (C=O) groups is 1. The van der Waals surface area contributed by atoms with Crippen molar-refractivity contribution in [3.05, 3.63) is 71.0 Å². The van der Waals surface area contributed by atoms with Crippen molar-refractivity contribution < 1.29 is 9.18 Å². The van der Waals surface area contributed by atoms with Gasteiger partial charge in [0.15, 0.2) is 5.78 Å². The molecular weight excluding hydrogens is 229 g/mol. The molecule has 2 nitrogen and oxygen atoms in total. The van der Waals surface area contributed by atoms with Crippen LogP contribution in [0.25, 0.3) is 0 Å². The molecule has 0 aliphatic carbocycles. The Kier molecular flexibility index (Phi) is 3.85. The molecule has 0 saturated carbocycles. The molecule has 0 spiro atoms. The van der Waals surface area contributed by atoms with Crippen molar-refractivity contribution >= 4 is 5.78 Å². The fraction of sp³-hybridized carbons (Fsp3) is 0.133. The molecule has 0 amide bonds. The molecular formula is C15H14FNO. The summed E-state index contributed by atoms with van der Waals surface area (Å²) >= 11 is 0. The van der Waals surface area contributed by atoms with Crippen LogP contribution in [0.3, 0.4) is 0 Å². The molecule has 0 unspecified atom stereocenters. The molecule has 2 N–H and O–H groups in total. The van der Waals surface area contributed by atoms with E-state index in [-0.39, 0.29) is 11.3 Å². The van der Waals surface area contributed by atoms with Gasteiger partial charge in [0.25, 0.3) is 0 Å². The topological polar surface area (TPSA) is 43.1 Å². The van der Waals surface area contributed by atoms with Gasteiger partial charge in [-0.2, -0.15) is 0 Å². The van der Waals surface area contributed by atoms with Crippen LogP contribution >= 0.6 is 0 Å². The average Bonchev–Trinajstić information content (AvgIpc) is 2.39. The second kappa shape index (κ2) is 5.56. The van der Waals surface area contributed by atoms with Crippen LogP contribution in [0.4, 0.5) is 4.39 Å². The SMILES string of the molecule is NCCc1cccc(C(=O)c2ccccc2F)c1. The number of benzene rings is 2. The third-order valence-corrected chi connectivity index (χ3v) is 2.74. The molecule has 0 fully saturated rings. The third kappa shape index (κ3) is 2.63. The van der Waals surface area contributed by atoms with Gasteiger partial charge in [-0.3, -0.25) is 4.79 Å². The summed E-state index contributed by atoms with van der Waals surface area (Å²) in [7, 11) is 0. The van der Waals surface area contributed by atoms with Crippen LogP contribution in [-0.2, 0) is 6.42 Å². The number of hydrogen-bond donors (Lipinski definition) is 1. The van der Waals surface area contributed by atoms with Crippen LogP contribution in [0.2, 0.25) is 0 Å². The standard InChI is InChI=1S/C15H14FNO/c16-14-7-2-1-6-13(14)15(18)12-5-3-4-11(10-12)8-9-17/h1-7,10H,8-9,17H2. The third-order valence-electron chi connectivity index (χ3n) is 2.74. The molecule has 0 bridgehead atoms. The molecule has 18 heavy (non-hydrogen) atoms. The largest absolute Gasteiger partial charge is 0.330 e. The number of rotatable bonds is 4. The molecule has 2 aromatic rings. The van der Waals surface area contributed by atoms with Gasteiger partial charge in [0.1, 0.15) is 5.82 Å². The number of ketones is 1. The minimum atomic E-state index is -0.494. The van der Waals surface area contributed by atoms with E-state index in [1.807, 2.05) is 6.07 Å². The van der Waals surface area contributed by atoms with Gasteiger partial charge in [-0.15, -0.1) is 0 Å². The second-order valence-corrected chi connectivity index (χ2v) is 4.05. The lowest BCUT2D eigenvalue weighted by Crippen LogP contribution is -2.06. The van der Waals surface area contributed by atoms with Gasteiger partial charge < -0.3 is 5.73 Å². The van der Waals surface area contributed by atoms with Crippen LogP contribution in [0, 0.1) is 5.82 Å². The van der Waals surface area contributed by atoms with E-state index in [2.05, 4.69) is 0 Å². The number of hydrogen-bond acceptors (Lipinski definition) is 2. The summed E-state index contributed by atoms with van der Waals surface area (Å²) in [4.78, 5) is 12.2. The first-order chi connectivity index (χ1) is 8.72. The Morgan fingerprint density at radius 1 is 1.11 bits per heavy atom. The van der Waals surface area contributed by atoms with Gasteiger partial charge >= 0.3 is 0 Å². The van der Waals surface area contributed by atoms with Crippen molar-refractivity contribution in [1.82, 2.24) is 0 Å². The summed E-state index contributed by atoms with van der Waals surface area (Å²) < 4.78 is 13.5. The van der Waals surface area contributed by atoms with E-state index >= 15 is 0 Å². The molecule has 0 radical (unpaired) electrons. The smallest absolute Gasteiger partial charge is 0.195 e. The van der Waals surface area contributed by atoms with Crippen LogP contribution in [-0.4, -0.2) is 12.3 Å². The molecule has 92 valence electrons. The Balaban J connectivity index is 2.34. The molecule has 0 aliphatic rings. The highest BCUT2D eigenvalue weighted by atomic mass is 19.1. The minimum absolute atomic E-state index is 0.0994. The van der Waals surface area contributed by atoms with Gasteiger partial charge in [0.05, 0.1) is 5.56 Å². The summed E-state index contributed by atoms with van der Waals surface area (Å²) in [5.41, 5.74) is 7.05. The van der Waals surface area contributed by atoms with Crippen molar-refractivity contribution in [3.63, 3.8) is 0 Å². The Hall–Kier alpha value is -2.00. The van der Waals surface area contributed by atoms with E-state index in [0.29, 0.717) is 18.5 Å². The maximum absolute atomic E-state index is 13.5. The lowest BCUT2D eigenvalue weighted by Gasteiger charge is -2.05. The fourth-order valence-corrected chi connectivity index (χ4v) is 1.84. The maximum atomic E-state index is 13.5. The first-order valence-corrected chi connectivity index (χ1v) is 5.80. The summed E-state index contributed by atoms with van der Waals surface area (Å²) in [6.45, 7) is 0.525. The van der Waals surface area contributed by atoms with Crippen molar-refractivity contribution in [1.29, 1.82) is 0 Å². The van der Waals surface area contributed by atoms with Crippen molar-refractivity contribution in [3.8, 4) is 0 Å². The van der Waals surface area contributed by atoms with E-state index in [1.165, 1.54) is 12.1 Å². The summed E-state index contributed by atoms with van der Waals surface area (Å²) in [6.07, 6.45) is 0.707. The average molecular weight is 243 g/mol. The lowest BCUT2D eigenvalue weighted by atomic mass is 10.00. The zero-order chi connectivity index (χ0) is 13.0. The van der Waals surface area contributed by atoms with Crippen LogP contribution in [0.15, 0.2) is 48.5 Å². The number of carbonyl (C=O) groups excluding carboxylic acids is 1. The number of nitrogens with two attached hydrogens (primary N) is 1. The molecule has 0 aliphatic heterocycles. The molecule has 0 atom stereocenters. The summed E-state index contributed by atoms with van der Waals surface area (Å²) in [5.74, 6) is -0.793. The van der Waals surface area contributed by atoms with E-state index < -0.39 is 5.82 Å². The molecule has 2 rings (SSSR count). The highest BCUT2D eigenvalue weighted by Gasteiger charge is 2.13. The van der Waals surface area contributed by atoms with E-state index in [1.54, 1.807) is 30.3 Å². The van der Waals surface area contributed by atoms with Crippen LogP contribution < -0.4 is 5.73 Å². The minimum Gasteiger partial charge on any atom is -0.330 e. The molecule has 0 saturated heterocycles. The van der Waals surface area contributed by atoms with Gasteiger partial charge in [-0.25, -0.2) is 4.39 Å². The Morgan fingerprint density at radius 3 is 2.61 bits per heavy atom. The predicted molar refractivity (Wildman–Crippen MR) is 69.0 cm³/mol. The van der Waals surface area contributed by atoms with E-state index in [0.717, 1.165) is 5.56 Å². The first kappa shape index (κ1) is 12.5. The highest BCUT2D eigenvalue weighted by molar-refractivity contribution is 6.09. The molecule has 3 heteroatoms. The molecule has 2 aromatic carbocycles. The predicted octanol–water partition coefficient (Wildman–Crippen LogP) is 2.56. The second-order valence-electron chi connectivity index (χ2n) is 4.05. The van der Waals surface area contributed by atoms with Gasteiger partial charge in [0, 0.05) is 5.56 Å². The van der Waals surface area contributed by atoms with Gasteiger partial charge in [-0.1, -0.05) is 30.3 Å². The Bertz CT molecular complexity index is 566. The van der Waals surface area contributed by atoms with Crippen molar-refractivity contribution in [2.45, 2.75) is 6.42 Å². The summed E-state index contributed by atoms with van der Waals surface area (Å²) in [6, 6.07) is 13.2. The van der Waals surface area contributed by atoms with E-state index in [4.69, 9.17) is 5.73 Å². The van der Waals surface area contributed by atoms with E-state index in [9.17, 15) is 9.18 Å². The van der Waals surface area contributed by atoms with Crippen molar-refractivity contribution in [2.24, 2.45) is 5.73 Å². The highest BCUT2D eigenvalue weighted by Crippen LogP contribution is 2.14. The normalized spacial score (nSPS) is 10.3. The van der Waals surface area contributed by atoms with Gasteiger partial charge in [0.2, 0.25) is 0 Å². The Labute approximate surface area is 105 Å². The Morgan fingerprint density at radius 2 is 1.89 bits per heavy atom. The lowest BCUT2D eigenvalue weighted by molar-refractivity contribution is 0.103. The first-order valence-electron chi connectivity index (χ1n) is 5.80. The summed E-state index contributed by atoms with van der Waals surface area (Å²) in [5, 5.41) is 0. The quantitative estimate of drug-likeness (QED) is 0.839. The maximum Gasteiger partial charge on any atom is 0.195 e. The van der Waals surface area contributed by atoms with Crippen LogP contribution in [0.1, 0.15) is 21.5 Å².